The van der Waals surface area contributed by atoms with Crippen molar-refractivity contribution in [3.63, 3.8) is 0 Å². The number of amides is 1. The lowest BCUT2D eigenvalue weighted by molar-refractivity contribution is 0.0909. The molecule has 0 N–H and O–H groups in total. The van der Waals surface area contributed by atoms with E-state index in [1.165, 1.54) is 11.3 Å². The highest BCUT2D eigenvalue weighted by molar-refractivity contribution is 7.22. The van der Waals surface area contributed by atoms with E-state index in [4.69, 9.17) is 21.3 Å². The van der Waals surface area contributed by atoms with Crippen LogP contribution in [0.1, 0.15) is 28.9 Å². The number of rotatable bonds is 4. The zero-order valence-corrected chi connectivity index (χ0v) is 16.2. The quantitative estimate of drug-likeness (QED) is 0.679. The molecular weight excluding hydrogens is 372 g/mol. The monoisotopic (exact) mass is 390 g/mol. The first-order valence-electron chi connectivity index (χ1n) is 8.51. The van der Waals surface area contributed by atoms with Crippen molar-refractivity contribution in [3.8, 4) is 0 Å². The van der Waals surface area contributed by atoms with E-state index in [1.54, 1.807) is 28.9 Å². The van der Waals surface area contributed by atoms with Gasteiger partial charge in [-0.15, -0.1) is 0 Å². The number of benzene rings is 1. The summed E-state index contributed by atoms with van der Waals surface area (Å²) in [6.07, 6.45) is 3.63. The summed E-state index contributed by atoms with van der Waals surface area (Å²) in [4.78, 5) is 19.6. The number of hydrogen-bond donors (Lipinski definition) is 0. The molecule has 6 nitrogen and oxygen atoms in total. The van der Waals surface area contributed by atoms with Crippen molar-refractivity contribution in [2.24, 2.45) is 7.05 Å². The van der Waals surface area contributed by atoms with E-state index >= 15 is 0 Å². The third kappa shape index (κ3) is 3.11. The average molecular weight is 391 g/mol. The molecule has 1 aliphatic heterocycles. The van der Waals surface area contributed by atoms with E-state index in [9.17, 15) is 4.79 Å². The van der Waals surface area contributed by atoms with Gasteiger partial charge in [0.2, 0.25) is 0 Å². The Morgan fingerprint density at radius 1 is 1.46 bits per heavy atom. The Morgan fingerprint density at radius 3 is 3.00 bits per heavy atom. The second-order valence-corrected chi connectivity index (χ2v) is 7.82. The molecule has 3 heterocycles. The number of carbonyl (C=O) groups excluding carboxylic acids is 1. The van der Waals surface area contributed by atoms with Gasteiger partial charge >= 0.3 is 0 Å². The van der Waals surface area contributed by atoms with Gasteiger partial charge in [0.05, 0.1) is 22.9 Å². The molecule has 0 saturated carbocycles. The molecule has 1 aromatic carbocycles. The van der Waals surface area contributed by atoms with Gasteiger partial charge < -0.3 is 4.74 Å². The Bertz CT molecular complexity index is 961. The molecule has 0 radical (unpaired) electrons. The summed E-state index contributed by atoms with van der Waals surface area (Å²) in [7, 11) is 1.76. The standard InChI is InChI=1S/C18H19ClN4O2S/c1-11-13(19)5-6-15-16(11)21-18(26-15)23(10-12-4-3-9-25-12)17(24)14-7-8-20-22(14)2/h5-8,12H,3-4,9-10H2,1-2H3. The molecule has 1 amide bonds. The SMILES string of the molecule is Cc1c(Cl)ccc2sc(N(CC3CCCO3)C(=O)c3ccnn3C)nc12. The van der Waals surface area contributed by atoms with Crippen molar-refractivity contribution < 1.29 is 9.53 Å². The summed E-state index contributed by atoms with van der Waals surface area (Å²) in [5.41, 5.74) is 2.29. The van der Waals surface area contributed by atoms with Crippen LogP contribution in [-0.2, 0) is 11.8 Å². The van der Waals surface area contributed by atoms with Crippen molar-refractivity contribution in [1.82, 2.24) is 14.8 Å². The topological polar surface area (TPSA) is 60.2 Å². The van der Waals surface area contributed by atoms with E-state index in [2.05, 4.69) is 5.10 Å². The van der Waals surface area contributed by atoms with Crippen molar-refractivity contribution >= 4 is 44.2 Å². The van der Waals surface area contributed by atoms with E-state index in [0.29, 0.717) is 22.4 Å². The van der Waals surface area contributed by atoms with Gasteiger partial charge in [0, 0.05) is 24.9 Å². The predicted octanol–water partition coefficient (Wildman–Crippen LogP) is 3.82. The van der Waals surface area contributed by atoms with Crippen LogP contribution < -0.4 is 4.90 Å². The highest BCUT2D eigenvalue weighted by atomic mass is 35.5. The minimum Gasteiger partial charge on any atom is -0.376 e. The van der Waals surface area contributed by atoms with Crippen LogP contribution in [0.4, 0.5) is 5.13 Å². The molecule has 8 heteroatoms. The van der Waals surface area contributed by atoms with Crippen molar-refractivity contribution in [3.05, 3.63) is 40.7 Å². The second-order valence-electron chi connectivity index (χ2n) is 6.41. The Hall–Kier alpha value is -1.96. The minimum atomic E-state index is -0.122. The van der Waals surface area contributed by atoms with E-state index in [1.807, 2.05) is 19.1 Å². The highest BCUT2D eigenvalue weighted by Gasteiger charge is 2.28. The summed E-state index contributed by atoms with van der Waals surface area (Å²) in [5.74, 6) is -0.122. The first-order chi connectivity index (χ1) is 12.5. The molecule has 1 atom stereocenters. The van der Waals surface area contributed by atoms with Gasteiger partial charge in [-0.2, -0.15) is 5.10 Å². The number of nitrogens with zero attached hydrogens (tertiary/aromatic N) is 4. The fourth-order valence-corrected chi connectivity index (χ4v) is 4.35. The van der Waals surface area contributed by atoms with Gasteiger partial charge in [-0.25, -0.2) is 4.98 Å². The van der Waals surface area contributed by atoms with Gasteiger partial charge in [-0.3, -0.25) is 14.4 Å². The van der Waals surface area contributed by atoms with E-state index in [0.717, 1.165) is 35.2 Å². The fourth-order valence-electron chi connectivity index (χ4n) is 3.17. The highest BCUT2D eigenvalue weighted by Crippen LogP contribution is 2.34. The molecule has 3 aromatic rings. The Morgan fingerprint density at radius 2 is 2.31 bits per heavy atom. The summed E-state index contributed by atoms with van der Waals surface area (Å²) >= 11 is 7.72. The first kappa shape index (κ1) is 17.5. The van der Waals surface area contributed by atoms with Gasteiger partial charge in [-0.05, 0) is 43.5 Å². The van der Waals surface area contributed by atoms with Crippen LogP contribution in [0.2, 0.25) is 5.02 Å². The maximum Gasteiger partial charge on any atom is 0.278 e. The molecule has 1 saturated heterocycles. The molecule has 136 valence electrons. The third-order valence-electron chi connectivity index (χ3n) is 4.66. The van der Waals surface area contributed by atoms with Crippen LogP contribution >= 0.6 is 22.9 Å². The van der Waals surface area contributed by atoms with Crippen LogP contribution in [0, 0.1) is 6.92 Å². The molecule has 4 rings (SSSR count). The predicted molar refractivity (Wildman–Crippen MR) is 103 cm³/mol. The lowest BCUT2D eigenvalue weighted by atomic mass is 10.2. The minimum absolute atomic E-state index is 0.0314. The number of ether oxygens (including phenoxy) is 1. The Balaban J connectivity index is 1.75. The smallest absolute Gasteiger partial charge is 0.278 e. The van der Waals surface area contributed by atoms with Crippen molar-refractivity contribution in [1.29, 1.82) is 0 Å². The van der Waals surface area contributed by atoms with Crippen LogP contribution in [-0.4, -0.2) is 39.9 Å². The summed E-state index contributed by atoms with van der Waals surface area (Å²) < 4.78 is 8.35. The van der Waals surface area contributed by atoms with Crippen LogP contribution in [0.25, 0.3) is 10.2 Å². The van der Waals surface area contributed by atoms with Gasteiger partial charge in [-0.1, -0.05) is 22.9 Å². The molecule has 1 fully saturated rings. The number of halogens is 1. The maximum atomic E-state index is 13.2. The first-order valence-corrected chi connectivity index (χ1v) is 9.71. The molecule has 0 aliphatic carbocycles. The number of thiazole rings is 1. The zero-order valence-electron chi connectivity index (χ0n) is 14.6. The molecule has 1 unspecified atom stereocenters. The lowest BCUT2D eigenvalue weighted by Gasteiger charge is -2.23. The zero-order chi connectivity index (χ0) is 18.3. The second kappa shape index (κ2) is 6.98. The maximum absolute atomic E-state index is 13.2. The molecule has 26 heavy (non-hydrogen) atoms. The molecule has 0 spiro atoms. The fraction of sp³-hybridized carbons (Fsp3) is 0.389. The molecule has 0 bridgehead atoms. The van der Waals surface area contributed by atoms with Crippen molar-refractivity contribution in [2.45, 2.75) is 25.9 Å². The van der Waals surface area contributed by atoms with Gasteiger partial charge in [0.1, 0.15) is 5.69 Å². The molecular formula is C18H19ClN4O2S. The van der Waals surface area contributed by atoms with Crippen LogP contribution in [0.3, 0.4) is 0 Å². The Kier molecular flexibility index (Phi) is 4.69. The van der Waals surface area contributed by atoms with E-state index < -0.39 is 0 Å². The average Bonchev–Trinajstić information content (AvgIpc) is 3.36. The number of aromatic nitrogens is 3. The Labute approximate surface area is 160 Å². The third-order valence-corrected chi connectivity index (χ3v) is 6.12. The lowest BCUT2D eigenvalue weighted by Crippen LogP contribution is -2.38. The summed E-state index contributed by atoms with van der Waals surface area (Å²) in [6.45, 7) is 3.17. The summed E-state index contributed by atoms with van der Waals surface area (Å²) in [5, 5.41) is 5.46. The van der Waals surface area contributed by atoms with Gasteiger partial charge in [0.25, 0.3) is 5.91 Å². The van der Waals surface area contributed by atoms with E-state index in [-0.39, 0.29) is 12.0 Å². The van der Waals surface area contributed by atoms with Gasteiger partial charge in [0.15, 0.2) is 5.13 Å². The normalized spacial score (nSPS) is 17.1. The van der Waals surface area contributed by atoms with Crippen LogP contribution in [0.5, 0.6) is 0 Å². The van der Waals surface area contributed by atoms with Crippen molar-refractivity contribution in [2.75, 3.05) is 18.1 Å². The number of anilines is 1. The number of carbonyl (C=O) groups is 1. The number of fused-ring (bicyclic) bond motifs is 1. The summed E-state index contributed by atoms with van der Waals surface area (Å²) in [6, 6.07) is 5.54. The largest absolute Gasteiger partial charge is 0.376 e. The number of aryl methyl sites for hydroxylation is 2. The molecule has 2 aromatic heterocycles. The number of hydrogen-bond acceptors (Lipinski definition) is 5. The molecule has 1 aliphatic rings. The van der Waals surface area contributed by atoms with Crippen LogP contribution in [0.15, 0.2) is 24.4 Å².